The van der Waals surface area contributed by atoms with E-state index in [1.165, 1.54) is 25.3 Å². The SMILES string of the molecule is COc1cc(/C=C(\C#N)C(=O)Nc2ccccc2C(=O)O)cc(Br)c1OCc1ccc(C)cc1. The van der Waals surface area contributed by atoms with Crippen molar-refractivity contribution in [2.75, 3.05) is 12.4 Å². The molecule has 34 heavy (non-hydrogen) atoms. The normalized spacial score (nSPS) is 10.8. The molecular weight excluding hydrogens is 500 g/mol. The number of nitriles is 1. The monoisotopic (exact) mass is 520 g/mol. The maximum absolute atomic E-state index is 12.7. The van der Waals surface area contributed by atoms with E-state index in [1.807, 2.05) is 37.3 Å². The number of carboxylic acid groups (broad SMARTS) is 1. The predicted molar refractivity (Wildman–Crippen MR) is 132 cm³/mol. The van der Waals surface area contributed by atoms with Crippen molar-refractivity contribution < 1.29 is 24.2 Å². The number of carboxylic acids is 1. The van der Waals surface area contributed by atoms with Gasteiger partial charge in [0.25, 0.3) is 5.91 Å². The van der Waals surface area contributed by atoms with Crippen LogP contribution in [-0.2, 0) is 11.4 Å². The third-order valence-corrected chi connectivity index (χ3v) is 5.43. The minimum Gasteiger partial charge on any atom is -0.493 e. The van der Waals surface area contributed by atoms with E-state index in [-0.39, 0.29) is 16.8 Å². The maximum Gasteiger partial charge on any atom is 0.337 e. The number of rotatable bonds is 8. The first-order valence-electron chi connectivity index (χ1n) is 10.1. The molecule has 2 N–H and O–H groups in total. The van der Waals surface area contributed by atoms with Crippen LogP contribution >= 0.6 is 15.9 Å². The molecule has 0 spiro atoms. The highest BCUT2D eigenvalue weighted by molar-refractivity contribution is 9.10. The number of carbonyl (C=O) groups excluding carboxylic acids is 1. The van der Waals surface area contributed by atoms with E-state index in [9.17, 15) is 20.0 Å². The average Bonchev–Trinajstić information content (AvgIpc) is 2.82. The molecule has 0 saturated heterocycles. The molecule has 0 atom stereocenters. The van der Waals surface area contributed by atoms with Gasteiger partial charge in [-0.1, -0.05) is 42.0 Å². The van der Waals surface area contributed by atoms with Crippen molar-refractivity contribution in [2.24, 2.45) is 0 Å². The summed E-state index contributed by atoms with van der Waals surface area (Å²) in [6, 6.07) is 19.1. The molecule has 0 saturated carbocycles. The van der Waals surface area contributed by atoms with Crippen LogP contribution in [0.5, 0.6) is 11.5 Å². The van der Waals surface area contributed by atoms with Gasteiger partial charge in [-0.2, -0.15) is 5.26 Å². The van der Waals surface area contributed by atoms with Gasteiger partial charge in [-0.05, 0) is 64.3 Å². The van der Waals surface area contributed by atoms with Gasteiger partial charge in [-0.15, -0.1) is 0 Å². The van der Waals surface area contributed by atoms with E-state index < -0.39 is 11.9 Å². The Morgan fingerprint density at radius 2 is 1.85 bits per heavy atom. The first kappa shape index (κ1) is 24.6. The van der Waals surface area contributed by atoms with Gasteiger partial charge in [0.05, 0.1) is 22.8 Å². The molecular formula is C26H21BrN2O5. The van der Waals surface area contributed by atoms with E-state index in [4.69, 9.17) is 9.47 Å². The highest BCUT2D eigenvalue weighted by Crippen LogP contribution is 2.38. The highest BCUT2D eigenvalue weighted by Gasteiger charge is 2.16. The number of nitrogens with zero attached hydrogens (tertiary/aromatic N) is 1. The van der Waals surface area contributed by atoms with E-state index in [2.05, 4.69) is 21.2 Å². The first-order chi connectivity index (χ1) is 16.3. The second-order valence-electron chi connectivity index (χ2n) is 7.28. The Balaban J connectivity index is 1.84. The molecule has 1 amide bonds. The second kappa shape index (κ2) is 11.2. The Morgan fingerprint density at radius 1 is 1.15 bits per heavy atom. The lowest BCUT2D eigenvalue weighted by molar-refractivity contribution is -0.112. The number of ether oxygens (including phenoxy) is 2. The van der Waals surface area contributed by atoms with Crippen molar-refractivity contribution >= 4 is 39.6 Å². The fraction of sp³-hybridized carbons (Fsp3) is 0.115. The molecule has 0 aliphatic heterocycles. The van der Waals surface area contributed by atoms with Crippen molar-refractivity contribution in [3.8, 4) is 17.6 Å². The summed E-state index contributed by atoms with van der Waals surface area (Å²) in [4.78, 5) is 24.0. The molecule has 0 heterocycles. The lowest BCUT2D eigenvalue weighted by atomic mass is 10.1. The summed E-state index contributed by atoms with van der Waals surface area (Å²) in [5.74, 6) is -1.01. The van der Waals surface area contributed by atoms with Crippen LogP contribution in [-0.4, -0.2) is 24.1 Å². The minimum absolute atomic E-state index is 0.0763. The smallest absolute Gasteiger partial charge is 0.337 e. The molecule has 0 aromatic heterocycles. The Labute approximate surface area is 205 Å². The van der Waals surface area contributed by atoms with Crippen molar-refractivity contribution in [1.82, 2.24) is 0 Å². The lowest BCUT2D eigenvalue weighted by Crippen LogP contribution is -2.16. The van der Waals surface area contributed by atoms with Crippen LogP contribution in [0.15, 0.2) is 70.7 Å². The summed E-state index contributed by atoms with van der Waals surface area (Å²) >= 11 is 3.47. The topological polar surface area (TPSA) is 109 Å². The number of amides is 1. The van der Waals surface area contributed by atoms with Gasteiger partial charge >= 0.3 is 5.97 Å². The summed E-state index contributed by atoms with van der Waals surface area (Å²) < 4.78 is 12.0. The molecule has 7 nitrogen and oxygen atoms in total. The Bertz CT molecular complexity index is 1290. The van der Waals surface area contributed by atoms with Gasteiger partial charge in [0.2, 0.25) is 0 Å². The molecule has 0 radical (unpaired) electrons. The molecule has 3 aromatic rings. The van der Waals surface area contributed by atoms with Crippen LogP contribution in [0.25, 0.3) is 6.08 Å². The van der Waals surface area contributed by atoms with Crippen LogP contribution in [0.4, 0.5) is 5.69 Å². The molecule has 0 aliphatic rings. The van der Waals surface area contributed by atoms with Crippen molar-refractivity contribution in [2.45, 2.75) is 13.5 Å². The fourth-order valence-electron chi connectivity index (χ4n) is 3.09. The molecule has 0 unspecified atom stereocenters. The molecule has 0 aliphatic carbocycles. The van der Waals surface area contributed by atoms with Crippen molar-refractivity contribution in [3.05, 3.63) is 93.0 Å². The second-order valence-corrected chi connectivity index (χ2v) is 8.14. The third kappa shape index (κ3) is 6.03. The maximum atomic E-state index is 12.7. The zero-order valence-electron chi connectivity index (χ0n) is 18.5. The number of aromatic carboxylic acids is 1. The van der Waals surface area contributed by atoms with Gasteiger partial charge in [0.1, 0.15) is 18.2 Å². The van der Waals surface area contributed by atoms with Crippen LogP contribution in [0, 0.1) is 18.3 Å². The lowest BCUT2D eigenvalue weighted by Gasteiger charge is -2.14. The number of para-hydroxylation sites is 1. The zero-order chi connectivity index (χ0) is 24.7. The Kier molecular flexibility index (Phi) is 8.06. The number of nitrogens with one attached hydrogen (secondary N) is 1. The number of benzene rings is 3. The molecule has 3 aromatic carbocycles. The fourth-order valence-corrected chi connectivity index (χ4v) is 3.66. The average molecular weight is 521 g/mol. The Morgan fingerprint density at radius 3 is 2.50 bits per heavy atom. The largest absolute Gasteiger partial charge is 0.493 e. The molecule has 0 fully saturated rings. The zero-order valence-corrected chi connectivity index (χ0v) is 20.0. The number of carbonyl (C=O) groups is 2. The number of hydrogen-bond acceptors (Lipinski definition) is 5. The summed E-state index contributed by atoms with van der Waals surface area (Å²) in [7, 11) is 1.49. The minimum atomic E-state index is -1.19. The summed E-state index contributed by atoms with van der Waals surface area (Å²) in [6.45, 7) is 2.34. The van der Waals surface area contributed by atoms with Gasteiger partial charge in [-0.3, -0.25) is 4.79 Å². The summed E-state index contributed by atoms with van der Waals surface area (Å²) in [5, 5.41) is 21.3. The van der Waals surface area contributed by atoms with E-state index in [0.29, 0.717) is 28.1 Å². The third-order valence-electron chi connectivity index (χ3n) is 4.84. The molecule has 172 valence electrons. The quantitative estimate of drug-likeness (QED) is 0.296. The Hall–Kier alpha value is -4.09. The van der Waals surface area contributed by atoms with E-state index >= 15 is 0 Å². The van der Waals surface area contributed by atoms with Gasteiger partial charge in [0, 0.05) is 0 Å². The van der Waals surface area contributed by atoms with Crippen LogP contribution in [0.1, 0.15) is 27.0 Å². The number of halogens is 1. The number of aryl methyl sites for hydroxylation is 1. The van der Waals surface area contributed by atoms with Gasteiger partial charge in [0.15, 0.2) is 11.5 Å². The van der Waals surface area contributed by atoms with Crippen LogP contribution in [0.3, 0.4) is 0 Å². The number of hydrogen-bond donors (Lipinski definition) is 2. The van der Waals surface area contributed by atoms with Gasteiger partial charge in [-0.25, -0.2) is 4.79 Å². The van der Waals surface area contributed by atoms with Gasteiger partial charge < -0.3 is 19.9 Å². The van der Waals surface area contributed by atoms with Crippen LogP contribution < -0.4 is 14.8 Å². The standard InChI is InChI=1S/C26H21BrN2O5/c1-16-7-9-17(10-8-16)15-34-24-21(27)12-18(13-23(24)33-2)11-19(14-28)25(30)29-22-6-4-3-5-20(22)26(31)32/h3-13H,15H2,1-2H3,(H,29,30)(H,31,32)/b19-11+. The number of anilines is 1. The summed E-state index contributed by atoms with van der Waals surface area (Å²) in [6.07, 6.45) is 1.38. The number of methoxy groups -OCH3 is 1. The predicted octanol–water partition coefficient (Wildman–Crippen LogP) is 5.59. The first-order valence-corrected chi connectivity index (χ1v) is 10.9. The van der Waals surface area contributed by atoms with E-state index in [0.717, 1.165) is 11.1 Å². The molecule has 0 bridgehead atoms. The summed E-state index contributed by atoms with van der Waals surface area (Å²) in [5.41, 5.74) is 2.48. The van der Waals surface area contributed by atoms with E-state index in [1.54, 1.807) is 24.3 Å². The van der Waals surface area contributed by atoms with Crippen molar-refractivity contribution in [1.29, 1.82) is 5.26 Å². The van der Waals surface area contributed by atoms with Crippen molar-refractivity contribution in [3.63, 3.8) is 0 Å². The molecule has 8 heteroatoms. The molecule has 3 rings (SSSR count). The highest BCUT2D eigenvalue weighted by atomic mass is 79.9. The van der Waals surface area contributed by atoms with Crippen LogP contribution in [0.2, 0.25) is 0 Å².